The third-order valence-electron chi connectivity index (χ3n) is 5.17. The monoisotopic (exact) mass is 364 g/mol. The molecule has 1 aliphatic carbocycles. The number of hydrogen-bond acceptors (Lipinski definition) is 5. The first kappa shape index (κ1) is 17.8. The van der Waals surface area contributed by atoms with Crippen LogP contribution in [0.25, 0.3) is 0 Å². The summed E-state index contributed by atoms with van der Waals surface area (Å²) in [5.41, 5.74) is 0.126. The SMILES string of the molecule is Cc1nc(CCNC(=O)CN2C(=O)N[C@]3(CCCC[C@@H]3C)C2=O)cs1. The van der Waals surface area contributed by atoms with Gasteiger partial charge >= 0.3 is 6.03 Å². The van der Waals surface area contributed by atoms with Gasteiger partial charge in [-0.1, -0.05) is 19.8 Å². The molecule has 0 bridgehead atoms. The van der Waals surface area contributed by atoms with Crippen molar-refractivity contribution >= 4 is 29.2 Å². The predicted molar refractivity (Wildman–Crippen MR) is 94.2 cm³/mol. The number of imide groups is 1. The van der Waals surface area contributed by atoms with E-state index < -0.39 is 11.6 Å². The second kappa shape index (κ2) is 7.11. The van der Waals surface area contributed by atoms with Gasteiger partial charge in [-0.05, 0) is 25.7 Å². The van der Waals surface area contributed by atoms with Crippen LogP contribution in [0.4, 0.5) is 4.79 Å². The van der Waals surface area contributed by atoms with E-state index in [1.165, 1.54) is 0 Å². The van der Waals surface area contributed by atoms with E-state index in [1.54, 1.807) is 11.3 Å². The molecule has 1 aromatic rings. The van der Waals surface area contributed by atoms with Crippen molar-refractivity contribution in [1.29, 1.82) is 0 Å². The lowest BCUT2D eigenvalue weighted by molar-refractivity contribution is -0.137. The zero-order chi connectivity index (χ0) is 18.0. The van der Waals surface area contributed by atoms with E-state index in [4.69, 9.17) is 0 Å². The normalized spacial score (nSPS) is 26.2. The zero-order valence-corrected chi connectivity index (χ0v) is 15.4. The molecule has 136 valence electrons. The van der Waals surface area contributed by atoms with Crippen molar-refractivity contribution in [2.24, 2.45) is 5.92 Å². The average Bonchev–Trinajstić information content (AvgIpc) is 3.08. The van der Waals surface area contributed by atoms with Gasteiger partial charge in [0.15, 0.2) is 0 Å². The first-order valence-corrected chi connectivity index (χ1v) is 9.62. The number of hydrogen-bond donors (Lipinski definition) is 2. The largest absolute Gasteiger partial charge is 0.354 e. The molecular weight excluding hydrogens is 340 g/mol. The number of aromatic nitrogens is 1. The lowest BCUT2D eigenvalue weighted by Gasteiger charge is -2.36. The Labute approximate surface area is 151 Å². The fraction of sp³-hybridized carbons (Fsp3) is 0.647. The van der Waals surface area contributed by atoms with Crippen LogP contribution in [0.1, 0.15) is 43.3 Å². The fourth-order valence-electron chi connectivity index (χ4n) is 3.69. The van der Waals surface area contributed by atoms with Crippen LogP contribution < -0.4 is 10.6 Å². The van der Waals surface area contributed by atoms with Gasteiger partial charge in [-0.2, -0.15) is 0 Å². The first-order chi connectivity index (χ1) is 11.9. The third kappa shape index (κ3) is 3.53. The minimum absolute atomic E-state index is 0.0960. The van der Waals surface area contributed by atoms with E-state index >= 15 is 0 Å². The van der Waals surface area contributed by atoms with Crippen LogP contribution in [0.5, 0.6) is 0 Å². The molecule has 7 nitrogen and oxygen atoms in total. The van der Waals surface area contributed by atoms with E-state index in [-0.39, 0.29) is 24.3 Å². The third-order valence-corrected chi connectivity index (χ3v) is 6.00. The summed E-state index contributed by atoms with van der Waals surface area (Å²) in [7, 11) is 0. The van der Waals surface area contributed by atoms with Crippen molar-refractivity contribution in [1.82, 2.24) is 20.5 Å². The molecule has 1 saturated heterocycles. The van der Waals surface area contributed by atoms with Crippen LogP contribution in [-0.2, 0) is 16.0 Å². The maximum Gasteiger partial charge on any atom is 0.325 e. The quantitative estimate of drug-likeness (QED) is 0.777. The van der Waals surface area contributed by atoms with Crippen LogP contribution in [0.3, 0.4) is 0 Å². The topological polar surface area (TPSA) is 91.4 Å². The molecular formula is C17H24N4O3S. The van der Waals surface area contributed by atoms with Gasteiger partial charge in [-0.15, -0.1) is 11.3 Å². The first-order valence-electron chi connectivity index (χ1n) is 8.74. The highest BCUT2D eigenvalue weighted by Gasteiger charge is 2.55. The van der Waals surface area contributed by atoms with E-state index in [1.807, 2.05) is 19.2 Å². The Morgan fingerprint density at radius 1 is 1.48 bits per heavy atom. The van der Waals surface area contributed by atoms with Gasteiger partial charge in [0.25, 0.3) is 5.91 Å². The van der Waals surface area contributed by atoms with Crippen LogP contribution in [-0.4, -0.2) is 46.4 Å². The Balaban J connectivity index is 1.54. The predicted octanol–water partition coefficient (Wildman–Crippen LogP) is 1.61. The molecule has 2 fully saturated rings. The number of aryl methyl sites for hydroxylation is 1. The number of urea groups is 1. The number of nitrogens with one attached hydrogen (secondary N) is 2. The summed E-state index contributed by atoms with van der Waals surface area (Å²) in [6.07, 6.45) is 4.20. The second-order valence-corrected chi connectivity index (χ2v) is 7.96. The summed E-state index contributed by atoms with van der Waals surface area (Å²) in [5.74, 6) is -0.482. The highest BCUT2D eigenvalue weighted by atomic mass is 32.1. The van der Waals surface area contributed by atoms with Crippen molar-refractivity contribution in [3.8, 4) is 0 Å². The summed E-state index contributed by atoms with van der Waals surface area (Å²) in [6, 6.07) is -0.455. The molecule has 25 heavy (non-hydrogen) atoms. The number of carbonyl (C=O) groups excluding carboxylic acids is 3. The van der Waals surface area contributed by atoms with Gasteiger partial charge < -0.3 is 10.6 Å². The fourth-order valence-corrected chi connectivity index (χ4v) is 4.34. The molecule has 3 rings (SSSR count). The summed E-state index contributed by atoms with van der Waals surface area (Å²) in [5, 5.41) is 8.58. The van der Waals surface area contributed by atoms with E-state index in [2.05, 4.69) is 15.6 Å². The van der Waals surface area contributed by atoms with Gasteiger partial charge in [0.1, 0.15) is 12.1 Å². The maximum atomic E-state index is 12.8. The second-order valence-electron chi connectivity index (χ2n) is 6.90. The number of thiazole rings is 1. The molecule has 2 heterocycles. The Bertz CT molecular complexity index is 689. The summed E-state index contributed by atoms with van der Waals surface area (Å²) in [6.45, 7) is 4.14. The number of amides is 4. The number of rotatable bonds is 5. The van der Waals surface area contributed by atoms with Crippen molar-refractivity contribution < 1.29 is 14.4 Å². The van der Waals surface area contributed by atoms with Crippen LogP contribution in [0, 0.1) is 12.8 Å². The van der Waals surface area contributed by atoms with Gasteiger partial charge in [-0.3, -0.25) is 14.5 Å². The van der Waals surface area contributed by atoms with Gasteiger partial charge in [0.05, 0.1) is 10.7 Å². The molecule has 1 aliphatic heterocycles. The lowest BCUT2D eigenvalue weighted by Crippen LogP contribution is -2.54. The molecule has 1 aromatic heterocycles. The summed E-state index contributed by atoms with van der Waals surface area (Å²) >= 11 is 1.57. The van der Waals surface area contributed by atoms with Gasteiger partial charge in [-0.25, -0.2) is 9.78 Å². The molecule has 0 radical (unpaired) electrons. The van der Waals surface area contributed by atoms with Crippen molar-refractivity contribution in [3.05, 3.63) is 16.1 Å². The van der Waals surface area contributed by atoms with Crippen molar-refractivity contribution in [2.75, 3.05) is 13.1 Å². The van der Waals surface area contributed by atoms with E-state index in [9.17, 15) is 14.4 Å². The average molecular weight is 364 g/mol. The van der Waals surface area contributed by atoms with Gasteiger partial charge in [0.2, 0.25) is 5.91 Å². The standard InChI is InChI=1S/C17H24N4O3S/c1-11-5-3-4-7-17(11)15(23)21(16(24)20-17)9-14(22)18-8-6-13-10-25-12(2)19-13/h10-11H,3-9H2,1-2H3,(H,18,22)(H,20,24)/t11-,17-/m0/s1. The van der Waals surface area contributed by atoms with Crippen LogP contribution >= 0.6 is 11.3 Å². The van der Waals surface area contributed by atoms with Crippen LogP contribution in [0.2, 0.25) is 0 Å². The zero-order valence-electron chi connectivity index (χ0n) is 14.6. The Hall–Kier alpha value is -1.96. The Kier molecular flexibility index (Phi) is 5.08. The molecule has 1 spiro atoms. The van der Waals surface area contributed by atoms with Gasteiger partial charge in [0, 0.05) is 18.3 Å². The van der Waals surface area contributed by atoms with Crippen LogP contribution in [0.15, 0.2) is 5.38 Å². The summed E-state index contributed by atoms with van der Waals surface area (Å²) in [4.78, 5) is 42.6. The molecule has 2 atom stereocenters. The smallest absolute Gasteiger partial charge is 0.325 e. The molecule has 8 heteroatoms. The van der Waals surface area contributed by atoms with Crippen molar-refractivity contribution in [3.63, 3.8) is 0 Å². The minimum Gasteiger partial charge on any atom is -0.354 e. The minimum atomic E-state index is -0.812. The Morgan fingerprint density at radius 3 is 2.96 bits per heavy atom. The van der Waals surface area contributed by atoms with Crippen molar-refractivity contribution in [2.45, 2.75) is 51.5 Å². The highest BCUT2D eigenvalue weighted by molar-refractivity contribution is 7.09. The molecule has 0 unspecified atom stereocenters. The van der Waals surface area contributed by atoms with E-state index in [0.29, 0.717) is 19.4 Å². The Morgan fingerprint density at radius 2 is 2.28 bits per heavy atom. The molecule has 2 aliphatic rings. The number of nitrogens with zero attached hydrogens (tertiary/aromatic N) is 2. The summed E-state index contributed by atoms with van der Waals surface area (Å²) < 4.78 is 0. The highest BCUT2D eigenvalue weighted by Crippen LogP contribution is 2.38. The molecule has 1 saturated carbocycles. The lowest BCUT2D eigenvalue weighted by atomic mass is 9.73. The number of carbonyl (C=O) groups is 3. The van der Waals surface area contributed by atoms with E-state index in [0.717, 1.165) is 34.9 Å². The maximum absolute atomic E-state index is 12.8. The molecule has 4 amide bonds. The molecule has 2 N–H and O–H groups in total. The molecule has 0 aromatic carbocycles.